The number of ether oxygens (including phenoxy) is 1. The van der Waals surface area contributed by atoms with Gasteiger partial charge >= 0.3 is 0 Å². The molecule has 2 amide bonds. The van der Waals surface area contributed by atoms with Gasteiger partial charge in [-0.15, -0.1) is 0 Å². The van der Waals surface area contributed by atoms with Gasteiger partial charge in [-0.25, -0.2) is 0 Å². The predicted molar refractivity (Wildman–Crippen MR) is 102 cm³/mol. The molecule has 2 aliphatic rings. The minimum Gasteiger partial charge on any atom is -0.479 e. The monoisotopic (exact) mass is 390 g/mol. The van der Waals surface area contributed by atoms with Crippen molar-refractivity contribution in [1.82, 2.24) is 20.2 Å². The molecular formula is C19H23ClN4O3. The second-order valence-corrected chi connectivity index (χ2v) is 8.01. The van der Waals surface area contributed by atoms with Crippen LogP contribution in [0.3, 0.4) is 0 Å². The third-order valence-electron chi connectivity index (χ3n) is 5.79. The molecule has 144 valence electrons. The van der Waals surface area contributed by atoms with Crippen LogP contribution >= 0.6 is 11.6 Å². The summed E-state index contributed by atoms with van der Waals surface area (Å²) in [6, 6.07) is 2.75. The molecule has 2 fully saturated rings. The van der Waals surface area contributed by atoms with E-state index in [-0.39, 0.29) is 17.0 Å². The maximum Gasteiger partial charge on any atom is 0.268 e. The summed E-state index contributed by atoms with van der Waals surface area (Å²) in [6.45, 7) is 3.29. The van der Waals surface area contributed by atoms with E-state index in [4.69, 9.17) is 16.3 Å². The van der Waals surface area contributed by atoms with Crippen LogP contribution in [-0.2, 0) is 4.79 Å². The van der Waals surface area contributed by atoms with Gasteiger partial charge in [0.2, 0.25) is 11.8 Å². The molecule has 1 aliphatic carbocycles. The zero-order valence-electron chi connectivity index (χ0n) is 15.5. The van der Waals surface area contributed by atoms with Crippen LogP contribution in [0.2, 0.25) is 5.15 Å². The summed E-state index contributed by atoms with van der Waals surface area (Å²) in [5, 5.41) is 3.80. The molecule has 8 heteroatoms. The molecular weight excluding hydrogens is 368 g/mol. The highest BCUT2D eigenvalue weighted by Gasteiger charge is 2.45. The number of fused-ring (bicyclic) bond motifs is 1. The van der Waals surface area contributed by atoms with Gasteiger partial charge in [-0.2, -0.15) is 4.98 Å². The number of likely N-dealkylation sites (tertiary alicyclic amines) is 1. The van der Waals surface area contributed by atoms with Gasteiger partial charge in [-0.3, -0.25) is 9.59 Å². The lowest BCUT2D eigenvalue weighted by Crippen LogP contribution is -2.49. The Kier molecular flexibility index (Phi) is 4.50. The summed E-state index contributed by atoms with van der Waals surface area (Å²) >= 11 is 5.97. The topological polar surface area (TPSA) is 87.3 Å². The lowest BCUT2D eigenvalue weighted by molar-refractivity contribution is -0.134. The molecule has 1 saturated carbocycles. The van der Waals surface area contributed by atoms with E-state index < -0.39 is 6.04 Å². The van der Waals surface area contributed by atoms with Gasteiger partial charge in [0.1, 0.15) is 22.4 Å². The number of halogens is 1. The number of aromatic amines is 1. The number of carbonyl (C=O) groups excluding carboxylic acids is 2. The average molecular weight is 391 g/mol. The van der Waals surface area contributed by atoms with E-state index >= 15 is 0 Å². The smallest absolute Gasteiger partial charge is 0.268 e. The van der Waals surface area contributed by atoms with Gasteiger partial charge in [0.25, 0.3) is 5.91 Å². The summed E-state index contributed by atoms with van der Waals surface area (Å²) in [7, 11) is 1.49. The highest BCUT2D eigenvalue weighted by atomic mass is 35.5. The van der Waals surface area contributed by atoms with Crippen LogP contribution in [0.25, 0.3) is 10.9 Å². The standard InChI is InChI=1S/C19H23ClN4O3/c1-11(18(26)24-7-5-19(3-4-19)6-8-24)21-16(25)13-9-12-10-14(20)23-17(27-2)15(12)22-13/h9-11,22H,3-8H2,1-2H3,(H,21,25)/t11-/m1/s1. The van der Waals surface area contributed by atoms with Gasteiger partial charge < -0.3 is 19.9 Å². The van der Waals surface area contributed by atoms with Crippen LogP contribution in [-0.4, -0.2) is 52.9 Å². The molecule has 2 N–H and O–H groups in total. The van der Waals surface area contributed by atoms with Crippen LogP contribution < -0.4 is 10.1 Å². The van der Waals surface area contributed by atoms with E-state index in [9.17, 15) is 9.59 Å². The average Bonchev–Trinajstić information content (AvgIpc) is 3.26. The Morgan fingerprint density at radius 1 is 1.30 bits per heavy atom. The molecule has 1 saturated heterocycles. The van der Waals surface area contributed by atoms with E-state index in [0.717, 1.165) is 31.3 Å². The van der Waals surface area contributed by atoms with Crippen molar-refractivity contribution in [1.29, 1.82) is 0 Å². The van der Waals surface area contributed by atoms with Crippen molar-refractivity contribution >= 4 is 34.3 Å². The summed E-state index contributed by atoms with van der Waals surface area (Å²) in [6.07, 6.45) is 4.75. The molecule has 2 aromatic heterocycles. The normalized spacial score (nSPS) is 19.1. The molecule has 1 aliphatic heterocycles. The highest BCUT2D eigenvalue weighted by Crippen LogP contribution is 2.53. The number of amides is 2. The fourth-order valence-corrected chi connectivity index (χ4v) is 4.03. The van der Waals surface area contributed by atoms with Crippen molar-refractivity contribution in [3.05, 3.63) is 23.0 Å². The number of methoxy groups -OCH3 is 1. The van der Waals surface area contributed by atoms with Crippen molar-refractivity contribution in [2.45, 2.75) is 38.6 Å². The Labute approximate surface area is 162 Å². The maximum absolute atomic E-state index is 12.7. The number of hydrogen-bond donors (Lipinski definition) is 2. The van der Waals surface area contributed by atoms with Crippen LogP contribution in [0.15, 0.2) is 12.1 Å². The Hall–Kier alpha value is -2.28. The van der Waals surface area contributed by atoms with Crippen LogP contribution in [0.5, 0.6) is 5.88 Å². The van der Waals surface area contributed by atoms with E-state index in [0.29, 0.717) is 22.5 Å². The number of nitrogens with one attached hydrogen (secondary N) is 2. The van der Waals surface area contributed by atoms with E-state index in [1.54, 1.807) is 19.1 Å². The van der Waals surface area contributed by atoms with Crippen LogP contribution in [0.4, 0.5) is 0 Å². The van der Waals surface area contributed by atoms with Gasteiger partial charge in [0.15, 0.2) is 0 Å². The summed E-state index contributed by atoms with van der Waals surface area (Å²) in [4.78, 5) is 34.2. The van der Waals surface area contributed by atoms with Gasteiger partial charge in [-0.05, 0) is 50.2 Å². The number of piperidine rings is 1. The SMILES string of the molecule is COc1nc(Cl)cc2cc(C(=O)N[C@H](C)C(=O)N3CCC4(CC3)CC4)[nH]c12. The maximum atomic E-state index is 12.7. The molecule has 0 aromatic carbocycles. The number of aromatic nitrogens is 2. The quantitative estimate of drug-likeness (QED) is 0.786. The van der Waals surface area contributed by atoms with E-state index in [1.807, 2.05) is 4.90 Å². The molecule has 1 spiro atoms. The molecule has 1 atom stereocenters. The highest BCUT2D eigenvalue weighted by molar-refractivity contribution is 6.30. The fourth-order valence-electron chi connectivity index (χ4n) is 3.83. The number of H-pyrrole nitrogens is 1. The van der Waals surface area contributed by atoms with Crippen LogP contribution in [0.1, 0.15) is 43.1 Å². The number of pyridine rings is 1. The van der Waals surface area contributed by atoms with Crippen molar-refractivity contribution in [2.75, 3.05) is 20.2 Å². The Balaban J connectivity index is 1.43. The summed E-state index contributed by atoms with van der Waals surface area (Å²) in [5.74, 6) is -0.0545. The zero-order chi connectivity index (χ0) is 19.2. The number of rotatable bonds is 4. The molecule has 2 aromatic rings. The minimum absolute atomic E-state index is 0.0303. The minimum atomic E-state index is -0.583. The Morgan fingerprint density at radius 2 is 2.00 bits per heavy atom. The van der Waals surface area contributed by atoms with Crippen LogP contribution in [0, 0.1) is 5.41 Å². The second kappa shape index (κ2) is 6.71. The largest absolute Gasteiger partial charge is 0.479 e. The van der Waals surface area contributed by atoms with Crippen molar-refractivity contribution < 1.29 is 14.3 Å². The Morgan fingerprint density at radius 3 is 2.63 bits per heavy atom. The molecule has 0 radical (unpaired) electrons. The fraction of sp³-hybridized carbons (Fsp3) is 0.526. The van der Waals surface area contributed by atoms with Crippen molar-refractivity contribution in [2.24, 2.45) is 5.41 Å². The molecule has 0 bridgehead atoms. The van der Waals surface area contributed by atoms with E-state index in [2.05, 4.69) is 15.3 Å². The lowest BCUT2D eigenvalue weighted by Gasteiger charge is -2.33. The summed E-state index contributed by atoms with van der Waals surface area (Å²) in [5.41, 5.74) is 1.45. The van der Waals surface area contributed by atoms with E-state index in [1.165, 1.54) is 20.0 Å². The van der Waals surface area contributed by atoms with Gasteiger partial charge in [0.05, 0.1) is 7.11 Å². The molecule has 3 heterocycles. The lowest BCUT2D eigenvalue weighted by atomic mass is 9.93. The second-order valence-electron chi connectivity index (χ2n) is 7.62. The van der Waals surface area contributed by atoms with Gasteiger partial charge in [0, 0.05) is 18.5 Å². The first-order valence-electron chi connectivity index (χ1n) is 9.24. The Bertz CT molecular complexity index is 896. The predicted octanol–water partition coefficient (Wildman–Crippen LogP) is 2.75. The van der Waals surface area contributed by atoms with Crippen molar-refractivity contribution in [3.63, 3.8) is 0 Å². The third-order valence-corrected chi connectivity index (χ3v) is 5.99. The number of nitrogens with zero attached hydrogens (tertiary/aromatic N) is 2. The molecule has 4 rings (SSSR count). The number of hydrogen-bond acceptors (Lipinski definition) is 4. The first kappa shape index (κ1) is 18.1. The molecule has 0 unspecified atom stereocenters. The molecule has 7 nitrogen and oxygen atoms in total. The first-order valence-corrected chi connectivity index (χ1v) is 9.61. The first-order chi connectivity index (χ1) is 12.9. The third kappa shape index (κ3) is 3.48. The van der Waals surface area contributed by atoms with Crippen molar-refractivity contribution in [3.8, 4) is 5.88 Å². The summed E-state index contributed by atoms with van der Waals surface area (Å²) < 4.78 is 5.20. The zero-order valence-corrected chi connectivity index (χ0v) is 16.2. The molecule has 27 heavy (non-hydrogen) atoms. The van der Waals surface area contributed by atoms with Gasteiger partial charge in [-0.1, -0.05) is 11.6 Å². The number of carbonyl (C=O) groups is 2.